The Morgan fingerprint density at radius 2 is 2.11 bits per heavy atom. The van der Waals surface area contributed by atoms with E-state index in [1.54, 1.807) is 13.3 Å². The van der Waals surface area contributed by atoms with E-state index in [1.807, 2.05) is 30.5 Å². The number of benzene rings is 1. The van der Waals surface area contributed by atoms with Crippen molar-refractivity contribution in [2.24, 2.45) is 0 Å². The molecule has 0 fully saturated rings. The SMILES string of the molecule is COCCc1nccn1Cc1ccc(C#N)cc1. The maximum Gasteiger partial charge on any atom is 0.111 e. The number of hydrogen-bond acceptors (Lipinski definition) is 3. The van der Waals surface area contributed by atoms with Gasteiger partial charge in [-0.2, -0.15) is 5.26 Å². The fourth-order valence-electron chi connectivity index (χ4n) is 1.79. The first-order chi connectivity index (χ1) is 8.83. The number of nitriles is 1. The van der Waals surface area contributed by atoms with Gasteiger partial charge in [-0.1, -0.05) is 12.1 Å². The molecule has 0 radical (unpaired) electrons. The van der Waals surface area contributed by atoms with E-state index in [2.05, 4.69) is 15.6 Å². The number of imidazole rings is 1. The van der Waals surface area contributed by atoms with Gasteiger partial charge in [0, 0.05) is 32.5 Å². The maximum absolute atomic E-state index is 8.75. The Kier molecular flexibility index (Phi) is 4.11. The van der Waals surface area contributed by atoms with Gasteiger partial charge in [0.1, 0.15) is 5.82 Å². The van der Waals surface area contributed by atoms with Crippen LogP contribution in [0.15, 0.2) is 36.7 Å². The van der Waals surface area contributed by atoms with Crippen LogP contribution in [0.3, 0.4) is 0 Å². The van der Waals surface area contributed by atoms with Crippen molar-refractivity contribution in [2.45, 2.75) is 13.0 Å². The van der Waals surface area contributed by atoms with Crippen LogP contribution in [0.25, 0.3) is 0 Å². The lowest BCUT2D eigenvalue weighted by Crippen LogP contribution is -2.07. The van der Waals surface area contributed by atoms with Crippen molar-refractivity contribution in [1.29, 1.82) is 5.26 Å². The van der Waals surface area contributed by atoms with E-state index in [4.69, 9.17) is 10.00 Å². The number of rotatable bonds is 5. The lowest BCUT2D eigenvalue weighted by Gasteiger charge is -2.07. The molecule has 0 spiro atoms. The lowest BCUT2D eigenvalue weighted by molar-refractivity contribution is 0.199. The van der Waals surface area contributed by atoms with Crippen LogP contribution in [0.5, 0.6) is 0 Å². The second-order valence-corrected chi connectivity index (χ2v) is 4.02. The molecule has 1 heterocycles. The van der Waals surface area contributed by atoms with Crippen molar-refractivity contribution in [3.63, 3.8) is 0 Å². The molecule has 0 amide bonds. The van der Waals surface area contributed by atoms with Gasteiger partial charge in [0.05, 0.1) is 18.2 Å². The fraction of sp³-hybridized carbons (Fsp3) is 0.286. The summed E-state index contributed by atoms with van der Waals surface area (Å²) in [6, 6.07) is 9.73. The second kappa shape index (κ2) is 5.99. The molecule has 0 saturated carbocycles. The summed E-state index contributed by atoms with van der Waals surface area (Å²) in [4.78, 5) is 4.31. The topological polar surface area (TPSA) is 50.8 Å². The molecule has 0 bridgehead atoms. The predicted molar refractivity (Wildman–Crippen MR) is 68.1 cm³/mol. The van der Waals surface area contributed by atoms with E-state index in [0.717, 1.165) is 24.4 Å². The molecule has 1 aromatic carbocycles. The van der Waals surface area contributed by atoms with E-state index < -0.39 is 0 Å². The summed E-state index contributed by atoms with van der Waals surface area (Å²) in [5.41, 5.74) is 1.84. The van der Waals surface area contributed by atoms with Crippen LogP contribution in [-0.4, -0.2) is 23.3 Å². The largest absolute Gasteiger partial charge is 0.384 e. The molecule has 4 nitrogen and oxygen atoms in total. The van der Waals surface area contributed by atoms with Gasteiger partial charge in [-0.05, 0) is 17.7 Å². The molecule has 0 saturated heterocycles. The quantitative estimate of drug-likeness (QED) is 0.804. The fourth-order valence-corrected chi connectivity index (χ4v) is 1.79. The Balaban J connectivity index is 2.08. The van der Waals surface area contributed by atoms with Gasteiger partial charge >= 0.3 is 0 Å². The average Bonchev–Trinajstić information content (AvgIpc) is 2.84. The number of nitrogens with zero attached hydrogens (tertiary/aromatic N) is 3. The monoisotopic (exact) mass is 241 g/mol. The van der Waals surface area contributed by atoms with Gasteiger partial charge < -0.3 is 9.30 Å². The Labute approximate surface area is 106 Å². The first-order valence-corrected chi connectivity index (χ1v) is 5.81. The van der Waals surface area contributed by atoms with Crippen LogP contribution in [0.1, 0.15) is 17.0 Å². The highest BCUT2D eigenvalue weighted by atomic mass is 16.5. The number of ether oxygens (including phenoxy) is 1. The van der Waals surface area contributed by atoms with Gasteiger partial charge in [-0.25, -0.2) is 4.98 Å². The number of aromatic nitrogens is 2. The van der Waals surface area contributed by atoms with Crippen molar-refractivity contribution in [2.75, 3.05) is 13.7 Å². The third-order valence-corrected chi connectivity index (χ3v) is 2.77. The van der Waals surface area contributed by atoms with Gasteiger partial charge in [-0.15, -0.1) is 0 Å². The summed E-state index contributed by atoms with van der Waals surface area (Å²) in [6.07, 6.45) is 4.57. The maximum atomic E-state index is 8.75. The summed E-state index contributed by atoms with van der Waals surface area (Å²) < 4.78 is 7.16. The van der Waals surface area contributed by atoms with Gasteiger partial charge in [0.15, 0.2) is 0 Å². The molecule has 4 heteroatoms. The molecule has 0 aliphatic carbocycles. The predicted octanol–water partition coefficient (Wildman–Crippen LogP) is 1.99. The van der Waals surface area contributed by atoms with E-state index in [1.165, 1.54) is 0 Å². The summed E-state index contributed by atoms with van der Waals surface area (Å²) in [7, 11) is 1.69. The average molecular weight is 241 g/mol. The molecular weight excluding hydrogens is 226 g/mol. The van der Waals surface area contributed by atoms with Crippen molar-refractivity contribution in [3.8, 4) is 6.07 Å². The minimum atomic E-state index is 0.671. The van der Waals surface area contributed by atoms with E-state index >= 15 is 0 Å². The minimum absolute atomic E-state index is 0.671. The summed E-state index contributed by atoms with van der Waals surface area (Å²) in [5.74, 6) is 1.02. The molecule has 0 aliphatic heterocycles. The first kappa shape index (κ1) is 12.3. The highest BCUT2D eigenvalue weighted by molar-refractivity contribution is 5.31. The Morgan fingerprint density at radius 3 is 2.78 bits per heavy atom. The van der Waals surface area contributed by atoms with Crippen LogP contribution in [0, 0.1) is 11.3 Å². The molecule has 0 N–H and O–H groups in total. The minimum Gasteiger partial charge on any atom is -0.384 e. The Bertz CT molecular complexity index is 537. The van der Waals surface area contributed by atoms with Crippen LogP contribution in [-0.2, 0) is 17.7 Å². The lowest BCUT2D eigenvalue weighted by atomic mass is 10.1. The van der Waals surface area contributed by atoms with Crippen molar-refractivity contribution in [1.82, 2.24) is 9.55 Å². The normalized spacial score (nSPS) is 10.2. The zero-order chi connectivity index (χ0) is 12.8. The van der Waals surface area contributed by atoms with Crippen molar-refractivity contribution in [3.05, 3.63) is 53.6 Å². The highest BCUT2D eigenvalue weighted by Crippen LogP contribution is 2.08. The summed E-state index contributed by atoms with van der Waals surface area (Å²) >= 11 is 0. The summed E-state index contributed by atoms with van der Waals surface area (Å²) in [5, 5.41) is 8.75. The summed E-state index contributed by atoms with van der Waals surface area (Å²) in [6.45, 7) is 1.44. The van der Waals surface area contributed by atoms with Crippen molar-refractivity contribution >= 4 is 0 Å². The number of methoxy groups -OCH3 is 1. The van der Waals surface area contributed by atoms with E-state index in [0.29, 0.717) is 12.2 Å². The molecule has 1 aromatic heterocycles. The molecule has 92 valence electrons. The van der Waals surface area contributed by atoms with Gasteiger partial charge in [0.25, 0.3) is 0 Å². The first-order valence-electron chi connectivity index (χ1n) is 5.81. The zero-order valence-electron chi connectivity index (χ0n) is 10.3. The third kappa shape index (κ3) is 2.96. The molecule has 2 rings (SSSR count). The third-order valence-electron chi connectivity index (χ3n) is 2.77. The standard InChI is InChI=1S/C14H15N3O/c1-18-9-6-14-16-7-8-17(14)11-13-4-2-12(10-15)3-5-13/h2-5,7-8H,6,9,11H2,1H3. The second-order valence-electron chi connectivity index (χ2n) is 4.02. The van der Waals surface area contributed by atoms with Gasteiger partial charge in [0.2, 0.25) is 0 Å². The molecule has 0 aliphatic rings. The smallest absolute Gasteiger partial charge is 0.111 e. The molecule has 18 heavy (non-hydrogen) atoms. The van der Waals surface area contributed by atoms with Crippen LogP contribution in [0.2, 0.25) is 0 Å². The molecule has 2 aromatic rings. The van der Waals surface area contributed by atoms with E-state index in [-0.39, 0.29) is 0 Å². The Morgan fingerprint density at radius 1 is 1.33 bits per heavy atom. The van der Waals surface area contributed by atoms with Crippen LogP contribution < -0.4 is 0 Å². The van der Waals surface area contributed by atoms with Crippen LogP contribution >= 0.6 is 0 Å². The number of hydrogen-bond donors (Lipinski definition) is 0. The molecular formula is C14H15N3O. The Hall–Kier alpha value is -2.12. The molecule has 0 unspecified atom stereocenters. The van der Waals surface area contributed by atoms with Gasteiger partial charge in [-0.3, -0.25) is 0 Å². The zero-order valence-corrected chi connectivity index (χ0v) is 10.3. The highest BCUT2D eigenvalue weighted by Gasteiger charge is 2.03. The van der Waals surface area contributed by atoms with Crippen molar-refractivity contribution < 1.29 is 4.74 Å². The van der Waals surface area contributed by atoms with E-state index in [9.17, 15) is 0 Å². The van der Waals surface area contributed by atoms with Crippen LogP contribution in [0.4, 0.5) is 0 Å². The molecule has 0 atom stereocenters.